The third-order valence-corrected chi connectivity index (χ3v) is 5.00. The summed E-state index contributed by atoms with van der Waals surface area (Å²) < 4.78 is 4.94. The maximum absolute atomic E-state index is 12.0. The van der Waals surface area contributed by atoms with Gasteiger partial charge in [-0.25, -0.2) is 4.79 Å². The summed E-state index contributed by atoms with van der Waals surface area (Å²) in [7, 11) is 1.46. The van der Waals surface area contributed by atoms with Crippen molar-refractivity contribution in [1.82, 2.24) is 15.1 Å². The van der Waals surface area contributed by atoms with E-state index in [-0.39, 0.29) is 12.1 Å². The SMILES string of the molecule is CCC1Cc2cc(CN3CCNCC3)ccc2CN1C(=O)OC. The lowest BCUT2D eigenvalue weighted by Gasteiger charge is -2.36. The average Bonchev–Trinajstić information content (AvgIpc) is 2.60. The van der Waals surface area contributed by atoms with E-state index < -0.39 is 0 Å². The van der Waals surface area contributed by atoms with Crippen molar-refractivity contribution >= 4 is 6.09 Å². The molecule has 3 rings (SSSR count). The lowest BCUT2D eigenvalue weighted by molar-refractivity contribution is 0.0949. The summed E-state index contributed by atoms with van der Waals surface area (Å²) >= 11 is 0. The Morgan fingerprint density at radius 3 is 2.78 bits per heavy atom. The van der Waals surface area contributed by atoms with E-state index in [1.54, 1.807) is 0 Å². The Morgan fingerprint density at radius 1 is 1.30 bits per heavy atom. The van der Waals surface area contributed by atoms with Gasteiger partial charge in [-0.15, -0.1) is 0 Å². The standard InChI is InChI=1S/C18H27N3O2/c1-3-17-11-16-10-14(12-20-8-6-19-7-9-20)4-5-15(16)13-21(17)18(22)23-2/h4-5,10,17,19H,3,6-9,11-13H2,1-2H3. The minimum atomic E-state index is -0.215. The zero-order valence-corrected chi connectivity index (χ0v) is 14.2. The van der Waals surface area contributed by atoms with Crippen LogP contribution in [0.3, 0.4) is 0 Å². The van der Waals surface area contributed by atoms with Gasteiger partial charge in [-0.2, -0.15) is 0 Å². The van der Waals surface area contributed by atoms with E-state index in [0.717, 1.165) is 45.6 Å². The van der Waals surface area contributed by atoms with E-state index in [1.165, 1.54) is 23.8 Å². The van der Waals surface area contributed by atoms with Gasteiger partial charge < -0.3 is 15.0 Å². The number of benzene rings is 1. The van der Waals surface area contributed by atoms with Crippen molar-refractivity contribution in [2.75, 3.05) is 33.3 Å². The molecule has 1 aromatic carbocycles. The molecule has 0 radical (unpaired) electrons. The molecule has 1 atom stereocenters. The van der Waals surface area contributed by atoms with Crippen molar-refractivity contribution in [3.63, 3.8) is 0 Å². The fourth-order valence-electron chi connectivity index (χ4n) is 3.62. The summed E-state index contributed by atoms with van der Waals surface area (Å²) in [6, 6.07) is 6.98. The number of ether oxygens (including phenoxy) is 1. The van der Waals surface area contributed by atoms with Crippen LogP contribution >= 0.6 is 0 Å². The van der Waals surface area contributed by atoms with Gasteiger partial charge in [-0.05, 0) is 29.5 Å². The monoisotopic (exact) mass is 317 g/mol. The molecule has 2 heterocycles. The number of carbonyl (C=O) groups excluding carboxylic acids is 1. The van der Waals surface area contributed by atoms with Crippen molar-refractivity contribution < 1.29 is 9.53 Å². The van der Waals surface area contributed by atoms with E-state index in [0.29, 0.717) is 6.54 Å². The first-order valence-electron chi connectivity index (χ1n) is 8.59. The van der Waals surface area contributed by atoms with Crippen molar-refractivity contribution in [3.05, 3.63) is 34.9 Å². The van der Waals surface area contributed by atoms with Crippen LogP contribution in [0.1, 0.15) is 30.0 Å². The van der Waals surface area contributed by atoms with Crippen molar-refractivity contribution in [3.8, 4) is 0 Å². The lowest BCUT2D eigenvalue weighted by Crippen LogP contribution is -2.44. The van der Waals surface area contributed by atoms with Gasteiger partial charge in [-0.1, -0.05) is 25.1 Å². The molecule has 1 saturated heterocycles. The molecular formula is C18H27N3O2. The number of fused-ring (bicyclic) bond motifs is 1. The quantitative estimate of drug-likeness (QED) is 0.926. The molecule has 1 fully saturated rings. The molecule has 1 aromatic rings. The summed E-state index contributed by atoms with van der Waals surface area (Å²) in [5, 5.41) is 3.39. The number of hydrogen-bond donors (Lipinski definition) is 1. The third-order valence-electron chi connectivity index (χ3n) is 5.00. The smallest absolute Gasteiger partial charge is 0.410 e. The number of hydrogen-bond acceptors (Lipinski definition) is 4. The van der Waals surface area contributed by atoms with Gasteiger partial charge in [0.1, 0.15) is 0 Å². The maximum Gasteiger partial charge on any atom is 0.410 e. The number of nitrogens with zero attached hydrogens (tertiary/aromatic N) is 2. The summed E-state index contributed by atoms with van der Waals surface area (Å²) in [5.74, 6) is 0. The zero-order valence-electron chi connectivity index (χ0n) is 14.2. The zero-order chi connectivity index (χ0) is 16.2. The lowest BCUT2D eigenvalue weighted by atomic mass is 9.91. The molecule has 2 aliphatic rings. The molecule has 126 valence electrons. The Hall–Kier alpha value is -1.59. The van der Waals surface area contributed by atoms with E-state index in [9.17, 15) is 4.79 Å². The first-order chi connectivity index (χ1) is 11.2. The average molecular weight is 317 g/mol. The molecule has 23 heavy (non-hydrogen) atoms. The molecule has 0 aliphatic carbocycles. The Labute approximate surface area is 138 Å². The second-order valence-electron chi connectivity index (χ2n) is 6.49. The highest BCUT2D eigenvalue weighted by Crippen LogP contribution is 2.27. The van der Waals surface area contributed by atoms with Crippen LogP contribution in [0.15, 0.2) is 18.2 Å². The van der Waals surface area contributed by atoms with Crippen LogP contribution in [0, 0.1) is 0 Å². The normalized spacial score (nSPS) is 21.8. The number of methoxy groups -OCH3 is 1. The largest absolute Gasteiger partial charge is 0.453 e. The highest BCUT2D eigenvalue weighted by Gasteiger charge is 2.29. The van der Waals surface area contributed by atoms with Gasteiger partial charge in [0.25, 0.3) is 0 Å². The highest BCUT2D eigenvalue weighted by atomic mass is 16.5. The van der Waals surface area contributed by atoms with Crippen LogP contribution in [0.4, 0.5) is 4.79 Å². The van der Waals surface area contributed by atoms with Crippen molar-refractivity contribution in [1.29, 1.82) is 0 Å². The molecule has 2 aliphatic heterocycles. The Balaban J connectivity index is 1.74. The summed E-state index contributed by atoms with van der Waals surface area (Å²) in [4.78, 5) is 16.3. The molecule has 5 nitrogen and oxygen atoms in total. The fourth-order valence-corrected chi connectivity index (χ4v) is 3.62. The van der Waals surface area contributed by atoms with Gasteiger partial charge in [-0.3, -0.25) is 4.90 Å². The van der Waals surface area contributed by atoms with Crippen LogP contribution in [0.25, 0.3) is 0 Å². The number of rotatable bonds is 3. The minimum absolute atomic E-state index is 0.215. The van der Waals surface area contributed by atoms with Gasteiger partial charge in [0.15, 0.2) is 0 Å². The predicted octanol–water partition coefficient (Wildman–Crippen LogP) is 1.99. The van der Waals surface area contributed by atoms with E-state index in [1.807, 2.05) is 4.90 Å². The van der Waals surface area contributed by atoms with Crippen LogP contribution in [0.2, 0.25) is 0 Å². The van der Waals surface area contributed by atoms with Gasteiger partial charge in [0.2, 0.25) is 0 Å². The molecule has 1 amide bonds. The number of piperazine rings is 1. The number of nitrogens with one attached hydrogen (secondary N) is 1. The maximum atomic E-state index is 12.0. The Kier molecular flexibility index (Phi) is 5.18. The van der Waals surface area contributed by atoms with Gasteiger partial charge in [0, 0.05) is 45.3 Å². The molecule has 0 spiro atoms. The fraction of sp³-hybridized carbons (Fsp3) is 0.611. The first-order valence-corrected chi connectivity index (χ1v) is 8.59. The topological polar surface area (TPSA) is 44.8 Å². The number of amides is 1. The third kappa shape index (κ3) is 3.67. The van der Waals surface area contributed by atoms with Crippen LogP contribution in [0.5, 0.6) is 0 Å². The highest BCUT2D eigenvalue weighted by molar-refractivity contribution is 5.68. The summed E-state index contributed by atoms with van der Waals surface area (Å²) in [6.07, 6.45) is 1.67. The summed E-state index contributed by atoms with van der Waals surface area (Å²) in [5.41, 5.74) is 4.03. The Bertz CT molecular complexity index is 555. The number of carbonyl (C=O) groups is 1. The molecule has 0 saturated carbocycles. The van der Waals surface area contributed by atoms with Crippen LogP contribution < -0.4 is 5.32 Å². The molecular weight excluding hydrogens is 290 g/mol. The van der Waals surface area contributed by atoms with E-state index in [2.05, 4.69) is 35.3 Å². The second kappa shape index (κ2) is 7.32. The first kappa shape index (κ1) is 16.3. The van der Waals surface area contributed by atoms with Crippen LogP contribution in [-0.4, -0.2) is 55.2 Å². The van der Waals surface area contributed by atoms with Gasteiger partial charge in [0.05, 0.1) is 7.11 Å². The van der Waals surface area contributed by atoms with Crippen molar-refractivity contribution in [2.24, 2.45) is 0 Å². The second-order valence-corrected chi connectivity index (χ2v) is 6.49. The molecule has 5 heteroatoms. The van der Waals surface area contributed by atoms with Crippen LogP contribution in [-0.2, 0) is 24.2 Å². The minimum Gasteiger partial charge on any atom is -0.453 e. The van der Waals surface area contributed by atoms with E-state index in [4.69, 9.17) is 4.74 Å². The molecule has 1 unspecified atom stereocenters. The Morgan fingerprint density at radius 2 is 2.09 bits per heavy atom. The molecule has 0 bridgehead atoms. The molecule has 0 aromatic heterocycles. The summed E-state index contributed by atoms with van der Waals surface area (Å²) in [6.45, 7) is 8.21. The molecule has 1 N–H and O–H groups in total. The van der Waals surface area contributed by atoms with Gasteiger partial charge >= 0.3 is 6.09 Å². The van der Waals surface area contributed by atoms with Crippen molar-refractivity contribution in [2.45, 2.75) is 38.9 Å². The van der Waals surface area contributed by atoms with E-state index >= 15 is 0 Å². The predicted molar refractivity (Wildman–Crippen MR) is 90.3 cm³/mol.